The Kier molecular flexibility index (Phi) is 2.73. The molecule has 0 radical (unpaired) electrons. The van der Waals surface area contributed by atoms with Gasteiger partial charge in [0.2, 0.25) is 5.82 Å². The van der Waals surface area contributed by atoms with Gasteiger partial charge in [0.1, 0.15) is 0 Å². The quantitative estimate of drug-likeness (QED) is 0.376. The lowest BCUT2D eigenvalue weighted by atomic mass is 10.2. The lowest BCUT2D eigenvalue weighted by Gasteiger charge is -2.04. The van der Waals surface area contributed by atoms with Gasteiger partial charge in [-0.1, -0.05) is 0 Å². The molecular weight excluding hydrogens is 241 g/mol. The van der Waals surface area contributed by atoms with Crippen LogP contribution in [0.3, 0.4) is 0 Å². The molecule has 1 aromatic heterocycles. The van der Waals surface area contributed by atoms with E-state index in [2.05, 4.69) is 15.3 Å². The van der Waals surface area contributed by atoms with Crippen molar-refractivity contribution in [1.82, 2.24) is 9.97 Å². The number of hydrogen-bond donors (Lipinski definition) is 1. The van der Waals surface area contributed by atoms with Gasteiger partial charge >= 0.3 is 5.69 Å². The van der Waals surface area contributed by atoms with E-state index in [-0.39, 0.29) is 16.9 Å². The Balaban J connectivity index is 2.72. The summed E-state index contributed by atoms with van der Waals surface area (Å²) < 4.78 is 13.4. The fourth-order valence-corrected chi connectivity index (χ4v) is 1.47. The van der Waals surface area contributed by atoms with Crippen LogP contribution >= 0.6 is 0 Å². The minimum absolute atomic E-state index is 0.145. The highest BCUT2D eigenvalue weighted by Gasteiger charge is 2.17. The van der Waals surface area contributed by atoms with E-state index in [9.17, 15) is 14.5 Å². The van der Waals surface area contributed by atoms with Gasteiger partial charge in [-0.15, -0.1) is 0 Å². The molecule has 1 heterocycles. The summed E-state index contributed by atoms with van der Waals surface area (Å²) in [7, 11) is 0. The third-order valence-corrected chi connectivity index (χ3v) is 2.28. The number of aryl methyl sites for hydroxylation is 1. The molecular formula is C10H6FN5O2. The second kappa shape index (κ2) is 4.21. The number of nitrogens with one attached hydrogen (secondary N) is 1. The monoisotopic (exact) mass is 247 g/mol. The number of benzene rings is 1. The van der Waals surface area contributed by atoms with Gasteiger partial charge in [-0.3, -0.25) is 15.4 Å². The van der Waals surface area contributed by atoms with Crippen molar-refractivity contribution in [3.8, 4) is 6.19 Å². The highest BCUT2D eigenvalue weighted by molar-refractivity contribution is 5.79. The lowest BCUT2D eigenvalue weighted by Crippen LogP contribution is -2.00. The Morgan fingerprint density at radius 1 is 1.44 bits per heavy atom. The summed E-state index contributed by atoms with van der Waals surface area (Å²) >= 11 is 0. The van der Waals surface area contributed by atoms with Crippen molar-refractivity contribution in [3.63, 3.8) is 0 Å². The highest BCUT2D eigenvalue weighted by atomic mass is 19.1. The predicted molar refractivity (Wildman–Crippen MR) is 60.1 cm³/mol. The van der Waals surface area contributed by atoms with E-state index >= 15 is 0 Å². The molecule has 90 valence electrons. The summed E-state index contributed by atoms with van der Waals surface area (Å²) in [6.45, 7) is 1.59. The molecule has 0 aliphatic rings. The first-order valence-corrected chi connectivity index (χ1v) is 4.80. The Labute approximate surface area is 100 Å². The maximum Gasteiger partial charge on any atom is 0.307 e. The van der Waals surface area contributed by atoms with Crippen LogP contribution in [0.25, 0.3) is 11.0 Å². The average molecular weight is 247 g/mol. The Morgan fingerprint density at radius 2 is 2.11 bits per heavy atom. The molecule has 1 N–H and O–H groups in total. The van der Waals surface area contributed by atoms with Crippen LogP contribution in [0.15, 0.2) is 12.1 Å². The third-order valence-electron chi connectivity index (χ3n) is 2.28. The number of anilines is 1. The molecule has 2 rings (SSSR count). The highest BCUT2D eigenvalue weighted by Crippen LogP contribution is 2.24. The second-order valence-electron chi connectivity index (χ2n) is 3.44. The first kappa shape index (κ1) is 11.7. The zero-order chi connectivity index (χ0) is 13.3. The smallest absolute Gasteiger partial charge is 0.275 e. The molecule has 0 saturated carbocycles. The molecule has 8 heteroatoms. The van der Waals surface area contributed by atoms with Gasteiger partial charge in [0.05, 0.1) is 21.7 Å². The number of aromatic nitrogens is 2. The summed E-state index contributed by atoms with van der Waals surface area (Å²) in [5, 5.41) is 21.4. The van der Waals surface area contributed by atoms with Crippen LogP contribution in [0.2, 0.25) is 0 Å². The summed E-state index contributed by atoms with van der Waals surface area (Å²) in [6, 6.07) is 1.93. The molecule has 0 fully saturated rings. The molecule has 2 aromatic rings. The van der Waals surface area contributed by atoms with Crippen LogP contribution in [0.5, 0.6) is 0 Å². The maximum absolute atomic E-state index is 13.4. The number of nitrogens with zero attached hydrogens (tertiary/aromatic N) is 4. The zero-order valence-corrected chi connectivity index (χ0v) is 9.14. The Hall–Kier alpha value is -2.82. The fourth-order valence-electron chi connectivity index (χ4n) is 1.47. The minimum Gasteiger partial charge on any atom is -0.275 e. The first-order chi connectivity index (χ1) is 8.52. The van der Waals surface area contributed by atoms with E-state index in [0.717, 1.165) is 12.1 Å². The Bertz CT molecular complexity index is 695. The molecule has 0 bridgehead atoms. The number of nitro groups is 1. The van der Waals surface area contributed by atoms with E-state index in [1.54, 1.807) is 13.1 Å². The molecule has 0 spiro atoms. The minimum atomic E-state index is -0.970. The predicted octanol–water partition coefficient (Wildman–Crippen LogP) is 1.88. The Morgan fingerprint density at radius 3 is 2.72 bits per heavy atom. The number of fused-ring (bicyclic) bond motifs is 1. The number of halogens is 1. The SMILES string of the molecule is Cc1nc2cc(F)c([N+](=O)[O-])cc2nc1NC#N. The van der Waals surface area contributed by atoms with Crippen LogP contribution < -0.4 is 5.32 Å². The third kappa shape index (κ3) is 1.89. The van der Waals surface area contributed by atoms with Crippen molar-refractivity contribution in [3.05, 3.63) is 33.8 Å². The molecule has 0 atom stereocenters. The van der Waals surface area contributed by atoms with E-state index in [0.29, 0.717) is 5.69 Å². The largest absolute Gasteiger partial charge is 0.307 e. The molecule has 0 saturated heterocycles. The zero-order valence-electron chi connectivity index (χ0n) is 9.14. The van der Waals surface area contributed by atoms with Gasteiger partial charge in [0, 0.05) is 12.1 Å². The average Bonchev–Trinajstić information content (AvgIpc) is 2.30. The van der Waals surface area contributed by atoms with Crippen LogP contribution in [0.4, 0.5) is 15.9 Å². The summed E-state index contributed by atoms with van der Waals surface area (Å²) in [6.07, 6.45) is 1.68. The molecule has 18 heavy (non-hydrogen) atoms. The van der Waals surface area contributed by atoms with Gasteiger partial charge in [-0.05, 0) is 6.92 Å². The van der Waals surface area contributed by atoms with E-state index < -0.39 is 16.4 Å². The number of rotatable bonds is 2. The summed E-state index contributed by atoms with van der Waals surface area (Å²) in [4.78, 5) is 17.8. The molecule has 0 unspecified atom stereocenters. The van der Waals surface area contributed by atoms with E-state index in [1.165, 1.54) is 0 Å². The lowest BCUT2D eigenvalue weighted by molar-refractivity contribution is -0.387. The molecule has 1 aromatic carbocycles. The van der Waals surface area contributed by atoms with Crippen LogP contribution in [0.1, 0.15) is 5.69 Å². The number of nitro benzene ring substituents is 1. The van der Waals surface area contributed by atoms with Gasteiger partial charge in [0.15, 0.2) is 12.0 Å². The number of nitriles is 1. The van der Waals surface area contributed by atoms with Crippen molar-refractivity contribution >= 4 is 22.5 Å². The number of hydrogen-bond acceptors (Lipinski definition) is 6. The second-order valence-corrected chi connectivity index (χ2v) is 3.44. The standard InChI is InChI=1S/C10H6FN5O2/c1-5-10(13-4-12)15-8-3-9(16(17)18)6(11)2-7(8)14-5/h2-3H,1H3,(H,13,15). The van der Waals surface area contributed by atoms with Gasteiger partial charge in [-0.2, -0.15) is 9.65 Å². The van der Waals surface area contributed by atoms with Gasteiger partial charge in [-0.25, -0.2) is 9.97 Å². The van der Waals surface area contributed by atoms with Crippen molar-refractivity contribution in [2.45, 2.75) is 6.92 Å². The van der Waals surface area contributed by atoms with E-state index in [1.807, 2.05) is 0 Å². The normalized spacial score (nSPS) is 10.1. The van der Waals surface area contributed by atoms with Gasteiger partial charge in [0.25, 0.3) is 0 Å². The summed E-state index contributed by atoms with van der Waals surface area (Å²) in [5.41, 5.74) is 0.0615. The molecule has 0 aliphatic carbocycles. The van der Waals surface area contributed by atoms with Crippen LogP contribution in [-0.4, -0.2) is 14.9 Å². The summed E-state index contributed by atoms with van der Waals surface area (Å²) in [5.74, 6) is -0.784. The van der Waals surface area contributed by atoms with Crippen molar-refractivity contribution in [2.24, 2.45) is 0 Å². The van der Waals surface area contributed by atoms with Crippen LogP contribution in [0, 0.1) is 34.3 Å². The topological polar surface area (TPSA) is 105 Å². The van der Waals surface area contributed by atoms with E-state index in [4.69, 9.17) is 5.26 Å². The molecule has 0 amide bonds. The van der Waals surface area contributed by atoms with Crippen molar-refractivity contribution in [1.29, 1.82) is 5.26 Å². The maximum atomic E-state index is 13.4. The van der Waals surface area contributed by atoms with Gasteiger partial charge < -0.3 is 0 Å². The first-order valence-electron chi connectivity index (χ1n) is 4.80. The fraction of sp³-hybridized carbons (Fsp3) is 0.100. The van der Waals surface area contributed by atoms with Crippen molar-refractivity contribution in [2.75, 3.05) is 5.32 Å². The van der Waals surface area contributed by atoms with Crippen LogP contribution in [-0.2, 0) is 0 Å². The van der Waals surface area contributed by atoms with Crippen molar-refractivity contribution < 1.29 is 9.31 Å². The molecule has 7 nitrogen and oxygen atoms in total. The molecule has 0 aliphatic heterocycles.